The number of hydrogen-bond acceptors (Lipinski definition) is 3. The van der Waals surface area contributed by atoms with Gasteiger partial charge in [0.2, 0.25) is 5.78 Å². The minimum Gasteiger partial charge on any atom is -0.290 e. The fourth-order valence-electron chi connectivity index (χ4n) is 0.246. The summed E-state index contributed by atoms with van der Waals surface area (Å²) in [6, 6.07) is 0. The lowest BCUT2D eigenvalue weighted by molar-refractivity contribution is -0.112. The van der Waals surface area contributed by atoms with Crippen molar-refractivity contribution < 1.29 is 9.59 Å². The Morgan fingerprint density at radius 3 is 2.75 bits per heavy atom. The zero-order valence-corrected chi connectivity index (χ0v) is 5.46. The van der Waals surface area contributed by atoms with Crippen molar-refractivity contribution in [3.05, 3.63) is 0 Å². The molecule has 0 spiro atoms. The van der Waals surface area contributed by atoms with Crippen LogP contribution in [0.4, 0.5) is 0 Å². The number of carbonyl (C=O) groups excluding carboxylic acids is 2. The Bertz CT molecular complexity index is 90.4. The van der Waals surface area contributed by atoms with Crippen molar-refractivity contribution >= 4 is 23.8 Å². The zero-order chi connectivity index (χ0) is 6.41. The van der Waals surface area contributed by atoms with Crippen LogP contribution in [-0.4, -0.2) is 24.1 Å². The van der Waals surface area contributed by atoms with Crippen molar-refractivity contribution in [1.82, 2.24) is 0 Å². The summed E-state index contributed by atoms with van der Waals surface area (Å²) < 4.78 is 0. The van der Waals surface area contributed by atoms with E-state index in [-0.39, 0.29) is 0 Å². The number of ketones is 1. The Morgan fingerprint density at radius 2 is 2.38 bits per heavy atom. The van der Waals surface area contributed by atoms with E-state index in [4.69, 9.17) is 0 Å². The lowest BCUT2D eigenvalue weighted by atomic mass is 10.3. The Kier molecular flexibility index (Phi) is 4.65. The molecule has 0 rings (SSSR count). The highest BCUT2D eigenvalue weighted by atomic mass is 32.2. The van der Waals surface area contributed by atoms with Crippen molar-refractivity contribution in [2.45, 2.75) is 6.42 Å². The molecule has 0 bridgehead atoms. The summed E-state index contributed by atoms with van der Waals surface area (Å²) in [7, 11) is 0. The normalized spacial score (nSPS) is 8.62. The van der Waals surface area contributed by atoms with E-state index in [1.165, 1.54) is 6.29 Å². The molecule has 0 aliphatic rings. The van der Waals surface area contributed by atoms with Crippen LogP contribution in [0.15, 0.2) is 0 Å². The molecule has 8 heavy (non-hydrogen) atoms. The molecular formula is C5H7O2S. The Morgan fingerprint density at radius 1 is 1.75 bits per heavy atom. The topological polar surface area (TPSA) is 34.1 Å². The highest BCUT2D eigenvalue weighted by molar-refractivity contribution is 7.98. The van der Waals surface area contributed by atoms with Crippen LogP contribution in [0, 0.1) is 0 Å². The summed E-state index contributed by atoms with van der Waals surface area (Å²) in [5, 5.41) is 0. The molecule has 0 fully saturated rings. The van der Waals surface area contributed by atoms with E-state index in [2.05, 4.69) is 0 Å². The van der Waals surface area contributed by atoms with Crippen molar-refractivity contribution in [3.63, 3.8) is 0 Å². The summed E-state index contributed by atoms with van der Waals surface area (Å²) in [4.78, 5) is 19.7. The molecule has 0 saturated carbocycles. The molecular weight excluding hydrogens is 124 g/mol. The van der Waals surface area contributed by atoms with E-state index in [1.807, 2.05) is 6.26 Å². The molecule has 0 aromatic carbocycles. The van der Waals surface area contributed by atoms with E-state index >= 15 is 0 Å². The van der Waals surface area contributed by atoms with Gasteiger partial charge >= 0.3 is 0 Å². The molecule has 3 heteroatoms. The third kappa shape index (κ3) is 3.87. The number of carbonyl (C=O) groups is 1. The standard InChI is InChI=1S/C5H7O2S/c1-8-3-2-5(7)4-6/h2-3H2,1H3. The lowest BCUT2D eigenvalue weighted by Crippen LogP contribution is -1.98. The van der Waals surface area contributed by atoms with Gasteiger partial charge in [-0.1, -0.05) is 0 Å². The molecule has 0 saturated heterocycles. The SMILES string of the molecule is CSCCC(=O)[C]=O. The molecule has 0 aliphatic carbocycles. The van der Waals surface area contributed by atoms with Crippen LogP contribution in [0.5, 0.6) is 0 Å². The van der Waals surface area contributed by atoms with E-state index in [1.54, 1.807) is 11.8 Å². The van der Waals surface area contributed by atoms with Crippen molar-refractivity contribution in [1.29, 1.82) is 0 Å². The number of hydrogen-bond donors (Lipinski definition) is 0. The fourth-order valence-corrected chi connectivity index (χ4v) is 0.635. The van der Waals surface area contributed by atoms with Crippen molar-refractivity contribution in [3.8, 4) is 0 Å². The van der Waals surface area contributed by atoms with Gasteiger partial charge in [-0.3, -0.25) is 9.59 Å². The second kappa shape index (κ2) is 4.84. The van der Waals surface area contributed by atoms with Crippen LogP contribution in [0.2, 0.25) is 0 Å². The number of rotatable bonds is 4. The number of thioether (sulfide) groups is 1. The Labute approximate surface area is 52.6 Å². The molecule has 0 aromatic rings. The van der Waals surface area contributed by atoms with Crippen LogP contribution < -0.4 is 0 Å². The van der Waals surface area contributed by atoms with Gasteiger partial charge in [-0.2, -0.15) is 11.8 Å². The first-order valence-corrected chi connectivity index (χ1v) is 3.60. The van der Waals surface area contributed by atoms with Gasteiger partial charge in [0.05, 0.1) is 0 Å². The summed E-state index contributed by atoms with van der Waals surface area (Å²) in [6.07, 6.45) is 3.51. The predicted octanol–water partition coefficient (Wildman–Crippen LogP) is 0.418. The van der Waals surface area contributed by atoms with Gasteiger partial charge < -0.3 is 0 Å². The van der Waals surface area contributed by atoms with E-state index in [9.17, 15) is 9.59 Å². The highest BCUT2D eigenvalue weighted by Crippen LogP contribution is 1.93. The highest BCUT2D eigenvalue weighted by Gasteiger charge is 1.96. The summed E-state index contributed by atoms with van der Waals surface area (Å²) in [5.41, 5.74) is 0. The largest absolute Gasteiger partial charge is 0.290 e. The molecule has 0 heterocycles. The molecule has 0 N–H and O–H groups in total. The van der Waals surface area contributed by atoms with Gasteiger partial charge in [0.1, 0.15) is 0 Å². The van der Waals surface area contributed by atoms with Crippen molar-refractivity contribution in [2.75, 3.05) is 12.0 Å². The quantitative estimate of drug-likeness (QED) is 0.518. The summed E-state index contributed by atoms with van der Waals surface area (Å²) in [6.45, 7) is 0. The number of Topliss-reactive ketones (excluding diaryl/α,β-unsaturated/α-hetero) is 1. The molecule has 0 aromatic heterocycles. The van der Waals surface area contributed by atoms with Crippen LogP contribution in [0.25, 0.3) is 0 Å². The van der Waals surface area contributed by atoms with Crippen LogP contribution in [0.1, 0.15) is 6.42 Å². The maximum Gasteiger partial charge on any atom is 0.272 e. The van der Waals surface area contributed by atoms with Crippen LogP contribution in [-0.2, 0) is 9.59 Å². The summed E-state index contributed by atoms with van der Waals surface area (Å²) >= 11 is 1.55. The lowest BCUT2D eigenvalue weighted by Gasteiger charge is -1.85. The first-order valence-electron chi connectivity index (χ1n) is 2.21. The average Bonchev–Trinajstić information content (AvgIpc) is 1.83. The zero-order valence-electron chi connectivity index (χ0n) is 4.64. The Balaban J connectivity index is 3.11. The van der Waals surface area contributed by atoms with Crippen molar-refractivity contribution in [2.24, 2.45) is 0 Å². The second-order valence-electron chi connectivity index (χ2n) is 1.27. The van der Waals surface area contributed by atoms with Gasteiger partial charge in [-0.15, -0.1) is 0 Å². The first-order chi connectivity index (χ1) is 3.81. The predicted molar refractivity (Wildman–Crippen MR) is 33.7 cm³/mol. The maximum absolute atomic E-state index is 10.1. The smallest absolute Gasteiger partial charge is 0.272 e. The van der Waals surface area contributed by atoms with Gasteiger partial charge in [0.25, 0.3) is 6.29 Å². The van der Waals surface area contributed by atoms with Gasteiger partial charge in [-0.25, -0.2) is 0 Å². The monoisotopic (exact) mass is 131 g/mol. The molecule has 1 radical (unpaired) electrons. The van der Waals surface area contributed by atoms with Crippen LogP contribution in [0.3, 0.4) is 0 Å². The third-order valence-corrected chi connectivity index (χ3v) is 1.26. The third-order valence-electron chi connectivity index (χ3n) is 0.647. The van der Waals surface area contributed by atoms with Gasteiger partial charge in [0.15, 0.2) is 0 Å². The molecule has 0 unspecified atom stereocenters. The first kappa shape index (κ1) is 7.69. The van der Waals surface area contributed by atoms with Gasteiger partial charge in [-0.05, 0) is 6.26 Å². The molecule has 0 aliphatic heterocycles. The van der Waals surface area contributed by atoms with Gasteiger partial charge in [0, 0.05) is 12.2 Å². The molecule has 45 valence electrons. The second-order valence-corrected chi connectivity index (χ2v) is 2.25. The minimum atomic E-state index is -0.431. The maximum atomic E-state index is 10.1. The molecule has 0 atom stereocenters. The minimum absolute atomic E-state index is 0.324. The van der Waals surface area contributed by atoms with E-state index < -0.39 is 5.78 Å². The van der Waals surface area contributed by atoms with E-state index in [0.29, 0.717) is 12.2 Å². The Hall–Kier alpha value is -0.310. The van der Waals surface area contributed by atoms with E-state index in [0.717, 1.165) is 0 Å². The molecule has 0 amide bonds. The fraction of sp³-hybridized carbons (Fsp3) is 0.600. The average molecular weight is 131 g/mol. The molecule has 2 nitrogen and oxygen atoms in total. The van der Waals surface area contributed by atoms with Crippen LogP contribution >= 0.6 is 11.8 Å². The summed E-state index contributed by atoms with van der Waals surface area (Å²) in [5.74, 6) is 0.285.